The number of carbonyl (C=O) groups is 3. The van der Waals surface area contributed by atoms with E-state index in [0.29, 0.717) is 26.1 Å². The number of aliphatic hydroxyl groups excluding tert-OH is 1. The van der Waals surface area contributed by atoms with Gasteiger partial charge in [0.05, 0.1) is 6.61 Å². The Hall–Kier alpha value is -2.39. The van der Waals surface area contributed by atoms with E-state index in [2.05, 4.69) is 43.5 Å². The van der Waals surface area contributed by atoms with E-state index in [-0.39, 0.29) is 38.2 Å². The molecule has 0 radical (unpaired) electrons. The molecule has 316 valence electrons. The van der Waals surface area contributed by atoms with Crippen LogP contribution >= 0.6 is 0 Å². The first kappa shape index (κ1) is 51.6. The Morgan fingerprint density at radius 3 is 1.43 bits per heavy atom. The second kappa shape index (κ2) is 41.8. The number of aliphatic hydroxyl groups is 1. The van der Waals surface area contributed by atoms with Crippen molar-refractivity contribution in [2.45, 2.75) is 200 Å². The van der Waals surface area contributed by atoms with Crippen molar-refractivity contribution in [3.8, 4) is 0 Å². The number of unbranched alkanes of at least 4 members (excludes halogenated alkanes) is 22. The van der Waals surface area contributed by atoms with E-state index in [0.717, 1.165) is 64.2 Å². The minimum absolute atomic E-state index is 0.0426. The maximum atomic E-state index is 12.7. The Bertz CT molecular complexity index is 910. The Balaban J connectivity index is 4.30. The molecule has 2 N–H and O–H groups in total. The molecule has 0 aromatic heterocycles. The molecule has 9 heteroatoms. The molecule has 1 amide bonds. The second-order valence-corrected chi connectivity index (χ2v) is 15.0. The number of nitrogens with zero attached hydrogens (tertiary/aromatic N) is 1. The number of rotatable bonds is 40. The summed E-state index contributed by atoms with van der Waals surface area (Å²) in [7, 11) is 1.85. The fourth-order valence-corrected chi connectivity index (χ4v) is 6.15. The van der Waals surface area contributed by atoms with Crippen LogP contribution in [-0.2, 0) is 23.8 Å². The molecule has 1 unspecified atom stereocenters. The Morgan fingerprint density at radius 1 is 0.556 bits per heavy atom. The number of carbonyl (C=O) groups excluding carboxylic acids is 3. The normalized spacial score (nSPS) is 12.2. The minimum atomic E-state index is -0.860. The quantitative estimate of drug-likeness (QED) is 0.0274. The van der Waals surface area contributed by atoms with Crippen molar-refractivity contribution in [3.63, 3.8) is 0 Å². The zero-order valence-corrected chi connectivity index (χ0v) is 35.3. The molecule has 0 aromatic rings. The number of nitrogens with one attached hydrogen (secondary N) is 1. The van der Waals surface area contributed by atoms with Crippen molar-refractivity contribution < 1.29 is 33.7 Å². The predicted octanol–water partition coefficient (Wildman–Crippen LogP) is 11.2. The maximum absolute atomic E-state index is 12.7. The average Bonchev–Trinajstić information content (AvgIpc) is 3.16. The zero-order valence-electron chi connectivity index (χ0n) is 35.3. The molecule has 0 aliphatic rings. The number of ether oxygens (including phenoxy) is 3. The van der Waals surface area contributed by atoms with Gasteiger partial charge in [-0.15, -0.1) is 0 Å². The highest BCUT2D eigenvalue weighted by Gasteiger charge is 2.19. The van der Waals surface area contributed by atoms with Gasteiger partial charge in [-0.3, -0.25) is 9.59 Å². The van der Waals surface area contributed by atoms with Gasteiger partial charge in [0.2, 0.25) is 0 Å². The van der Waals surface area contributed by atoms with Gasteiger partial charge in [-0.25, -0.2) is 4.79 Å². The molecule has 0 spiro atoms. The molecule has 9 nitrogen and oxygen atoms in total. The second-order valence-electron chi connectivity index (χ2n) is 15.0. The van der Waals surface area contributed by atoms with Crippen LogP contribution in [0.25, 0.3) is 0 Å². The van der Waals surface area contributed by atoms with Crippen molar-refractivity contribution in [1.82, 2.24) is 10.2 Å². The highest BCUT2D eigenvalue weighted by Crippen LogP contribution is 2.13. The molecule has 0 aromatic carbocycles. The molecule has 0 fully saturated rings. The number of allylic oxidation sites excluding steroid dienone is 4. The van der Waals surface area contributed by atoms with Crippen LogP contribution in [0.1, 0.15) is 194 Å². The minimum Gasteiger partial charge on any atom is -0.462 e. The average molecular weight is 765 g/mol. The summed E-state index contributed by atoms with van der Waals surface area (Å²) in [6, 6.07) is 0. The van der Waals surface area contributed by atoms with Crippen LogP contribution in [0.5, 0.6) is 0 Å². The van der Waals surface area contributed by atoms with Gasteiger partial charge in [-0.05, 0) is 71.3 Å². The topological polar surface area (TPSA) is 114 Å². The van der Waals surface area contributed by atoms with Crippen LogP contribution in [0.2, 0.25) is 0 Å². The molecule has 0 bridgehead atoms. The van der Waals surface area contributed by atoms with Crippen molar-refractivity contribution in [2.24, 2.45) is 0 Å². The first-order valence-electron chi connectivity index (χ1n) is 22.3. The Morgan fingerprint density at radius 2 is 0.963 bits per heavy atom. The van der Waals surface area contributed by atoms with E-state index in [4.69, 9.17) is 19.3 Å². The summed E-state index contributed by atoms with van der Waals surface area (Å²) in [4.78, 5) is 39.3. The van der Waals surface area contributed by atoms with E-state index in [9.17, 15) is 14.4 Å². The molecular formula is C45H84N2O7. The van der Waals surface area contributed by atoms with Crippen molar-refractivity contribution in [3.05, 3.63) is 24.3 Å². The van der Waals surface area contributed by atoms with E-state index in [1.165, 1.54) is 103 Å². The highest BCUT2D eigenvalue weighted by molar-refractivity contribution is 5.70. The van der Waals surface area contributed by atoms with Crippen LogP contribution < -0.4 is 5.32 Å². The van der Waals surface area contributed by atoms with Gasteiger partial charge in [0.25, 0.3) is 0 Å². The SMILES string of the molecule is CCCCCCCC/C=C\CCCCCCCC(=O)OCC(COC(=O)NCCN(C)CCO)OC(=O)CCCCCCC/C=C\CCCCCCCC. The summed E-state index contributed by atoms with van der Waals surface area (Å²) in [5.74, 6) is -0.706. The van der Waals surface area contributed by atoms with E-state index < -0.39 is 12.2 Å². The molecule has 0 saturated heterocycles. The van der Waals surface area contributed by atoms with Crippen LogP contribution in [0.4, 0.5) is 4.79 Å². The first-order chi connectivity index (χ1) is 26.4. The predicted molar refractivity (Wildman–Crippen MR) is 224 cm³/mol. The summed E-state index contributed by atoms with van der Waals surface area (Å²) in [6.07, 6.45) is 39.3. The van der Waals surface area contributed by atoms with E-state index >= 15 is 0 Å². The van der Waals surface area contributed by atoms with Crippen LogP contribution in [0.15, 0.2) is 24.3 Å². The van der Waals surface area contributed by atoms with Gasteiger partial charge in [0.15, 0.2) is 6.10 Å². The van der Waals surface area contributed by atoms with Gasteiger partial charge in [-0.1, -0.05) is 141 Å². The largest absolute Gasteiger partial charge is 0.462 e. The molecule has 0 saturated carbocycles. The first-order valence-corrected chi connectivity index (χ1v) is 22.3. The molecule has 1 atom stereocenters. The lowest BCUT2D eigenvalue weighted by Gasteiger charge is -2.19. The number of alkyl carbamates (subject to hydrolysis) is 1. The molecule has 54 heavy (non-hydrogen) atoms. The van der Waals surface area contributed by atoms with E-state index in [1.54, 1.807) is 0 Å². The fourth-order valence-electron chi connectivity index (χ4n) is 6.15. The smallest absolute Gasteiger partial charge is 0.407 e. The van der Waals surface area contributed by atoms with Crippen molar-refractivity contribution >= 4 is 18.0 Å². The summed E-state index contributed by atoms with van der Waals surface area (Å²) in [6.45, 7) is 5.62. The molecule has 0 aliphatic carbocycles. The maximum Gasteiger partial charge on any atom is 0.407 e. The Kier molecular flexibility index (Phi) is 39.9. The van der Waals surface area contributed by atoms with Gasteiger partial charge in [-0.2, -0.15) is 0 Å². The summed E-state index contributed by atoms with van der Waals surface area (Å²) >= 11 is 0. The monoisotopic (exact) mass is 765 g/mol. The van der Waals surface area contributed by atoms with Crippen molar-refractivity contribution in [2.75, 3.05) is 46.5 Å². The summed E-state index contributed by atoms with van der Waals surface area (Å²) in [5.41, 5.74) is 0. The standard InChI is InChI=1S/C45H84N2O7/c1-4-6-8-10-12-14-16-18-20-22-24-26-28-30-32-34-43(49)52-40-42(41-53-45(51)46-36-37-47(3)38-39-48)54-44(50)35-33-31-29-27-25-23-21-19-17-15-13-11-9-7-5-2/h18-21,42,48H,4-17,22-41H2,1-3H3,(H,46,51)/b20-18-,21-19-. The Labute approximate surface area is 331 Å². The third-order valence-electron chi connectivity index (χ3n) is 9.66. The zero-order chi connectivity index (χ0) is 39.6. The van der Waals surface area contributed by atoms with Crippen LogP contribution in [0.3, 0.4) is 0 Å². The molecule has 0 heterocycles. The number of likely N-dealkylation sites (N-methyl/N-ethyl adjacent to an activating group) is 1. The van der Waals surface area contributed by atoms with Crippen LogP contribution in [0, 0.1) is 0 Å². The molecule has 0 aliphatic heterocycles. The van der Waals surface area contributed by atoms with Crippen molar-refractivity contribution in [1.29, 1.82) is 0 Å². The number of esters is 2. The van der Waals surface area contributed by atoms with Gasteiger partial charge >= 0.3 is 18.0 Å². The third-order valence-corrected chi connectivity index (χ3v) is 9.66. The fraction of sp³-hybridized carbons (Fsp3) is 0.844. The van der Waals surface area contributed by atoms with E-state index in [1.807, 2.05) is 11.9 Å². The summed E-state index contributed by atoms with van der Waals surface area (Å²) < 4.78 is 16.4. The van der Waals surface area contributed by atoms with Gasteiger partial charge in [0.1, 0.15) is 13.2 Å². The lowest BCUT2D eigenvalue weighted by Crippen LogP contribution is -2.37. The highest BCUT2D eigenvalue weighted by atomic mass is 16.6. The third kappa shape index (κ3) is 39.3. The summed E-state index contributed by atoms with van der Waals surface area (Å²) in [5, 5.41) is 11.7. The lowest BCUT2D eigenvalue weighted by molar-refractivity contribution is -0.161. The number of amides is 1. The molecular weight excluding hydrogens is 681 g/mol. The number of hydrogen-bond acceptors (Lipinski definition) is 8. The molecule has 0 rings (SSSR count). The van der Waals surface area contributed by atoms with Crippen LogP contribution in [-0.4, -0.2) is 80.6 Å². The number of hydrogen-bond donors (Lipinski definition) is 2. The van der Waals surface area contributed by atoms with Gasteiger partial charge < -0.3 is 29.5 Å². The van der Waals surface area contributed by atoms with Gasteiger partial charge in [0, 0.05) is 32.5 Å². The lowest BCUT2D eigenvalue weighted by atomic mass is 10.1.